The molecule has 0 aliphatic heterocycles. The quantitative estimate of drug-likeness (QED) is 0.614. The van der Waals surface area contributed by atoms with Gasteiger partial charge >= 0.3 is 5.69 Å². The fourth-order valence-electron chi connectivity index (χ4n) is 3.58. The second kappa shape index (κ2) is 8.22. The lowest BCUT2D eigenvalue weighted by molar-refractivity contribution is 0.0916. The number of benzene rings is 1. The number of hydrogen-bond acceptors (Lipinski definition) is 5. The van der Waals surface area contributed by atoms with E-state index < -0.39 is 35.2 Å². The number of hydrogen-bond donors (Lipinski definition) is 4. The Morgan fingerprint density at radius 3 is 2.44 bits per heavy atom. The van der Waals surface area contributed by atoms with E-state index in [1.807, 2.05) is 18.2 Å². The van der Waals surface area contributed by atoms with Crippen LogP contribution >= 0.6 is 0 Å². The molecular formula is C19H23N3O5. The van der Waals surface area contributed by atoms with Crippen molar-refractivity contribution in [2.75, 3.05) is 6.61 Å². The minimum atomic E-state index is -0.995. The van der Waals surface area contributed by atoms with Crippen LogP contribution in [0.15, 0.2) is 39.9 Å². The summed E-state index contributed by atoms with van der Waals surface area (Å²) in [7, 11) is 0. The molecule has 0 atom stereocenters. The Morgan fingerprint density at radius 2 is 1.81 bits per heavy atom. The first-order valence-corrected chi connectivity index (χ1v) is 9.04. The molecule has 1 heterocycles. The smallest absolute Gasteiger partial charge is 0.329 e. The van der Waals surface area contributed by atoms with Crippen molar-refractivity contribution < 1.29 is 15.0 Å². The van der Waals surface area contributed by atoms with Crippen molar-refractivity contribution in [1.82, 2.24) is 14.9 Å². The number of nitrogens with zero attached hydrogens (tertiary/aromatic N) is 1. The minimum absolute atomic E-state index is 0.0831. The maximum absolute atomic E-state index is 12.4. The van der Waals surface area contributed by atoms with Crippen LogP contribution in [0.2, 0.25) is 0 Å². The third-order valence-corrected chi connectivity index (χ3v) is 5.05. The molecular weight excluding hydrogens is 350 g/mol. The average molecular weight is 373 g/mol. The molecule has 1 aromatic carbocycles. The molecule has 0 radical (unpaired) electrons. The number of aromatic hydroxyl groups is 1. The van der Waals surface area contributed by atoms with Gasteiger partial charge in [0, 0.05) is 6.04 Å². The SMILES string of the molecule is O=C(NC1CCC(c2ccccc2)CC1)c1[nH]c(=O)n(CCO)c(=O)c1O. The number of carbonyl (C=O) groups is 1. The number of carbonyl (C=O) groups excluding carboxylic acids is 1. The monoisotopic (exact) mass is 373 g/mol. The van der Waals surface area contributed by atoms with Crippen molar-refractivity contribution in [3.05, 3.63) is 62.4 Å². The van der Waals surface area contributed by atoms with Gasteiger partial charge in [0.1, 0.15) is 0 Å². The lowest BCUT2D eigenvalue weighted by Gasteiger charge is -2.29. The van der Waals surface area contributed by atoms with Crippen LogP contribution in [0.4, 0.5) is 0 Å². The molecule has 1 amide bonds. The van der Waals surface area contributed by atoms with E-state index in [2.05, 4.69) is 22.4 Å². The molecule has 0 unspecified atom stereocenters. The summed E-state index contributed by atoms with van der Waals surface area (Å²) in [6.07, 6.45) is 3.40. The second-order valence-corrected chi connectivity index (χ2v) is 6.77. The van der Waals surface area contributed by atoms with Crippen LogP contribution in [0.5, 0.6) is 5.75 Å². The third-order valence-electron chi connectivity index (χ3n) is 5.05. The van der Waals surface area contributed by atoms with E-state index in [1.54, 1.807) is 0 Å². The second-order valence-electron chi connectivity index (χ2n) is 6.77. The summed E-state index contributed by atoms with van der Waals surface area (Å²) in [4.78, 5) is 38.6. The van der Waals surface area contributed by atoms with Gasteiger partial charge in [-0.1, -0.05) is 30.3 Å². The van der Waals surface area contributed by atoms with E-state index >= 15 is 0 Å². The van der Waals surface area contributed by atoms with E-state index in [0.29, 0.717) is 10.5 Å². The van der Waals surface area contributed by atoms with Crippen molar-refractivity contribution in [3.63, 3.8) is 0 Å². The molecule has 0 saturated heterocycles. The Morgan fingerprint density at radius 1 is 1.15 bits per heavy atom. The fourth-order valence-corrected chi connectivity index (χ4v) is 3.58. The molecule has 8 heteroatoms. The van der Waals surface area contributed by atoms with E-state index in [0.717, 1.165) is 25.7 Å². The highest BCUT2D eigenvalue weighted by atomic mass is 16.3. The summed E-state index contributed by atoms with van der Waals surface area (Å²) >= 11 is 0. The normalized spacial score (nSPS) is 19.6. The Kier molecular flexibility index (Phi) is 5.75. The maximum atomic E-state index is 12.4. The van der Waals surface area contributed by atoms with E-state index in [1.165, 1.54) is 5.56 Å². The number of aromatic amines is 1. The molecule has 3 rings (SSSR count). The zero-order chi connectivity index (χ0) is 19.4. The predicted molar refractivity (Wildman–Crippen MR) is 99.0 cm³/mol. The van der Waals surface area contributed by atoms with Crippen LogP contribution in [0.3, 0.4) is 0 Å². The van der Waals surface area contributed by atoms with E-state index in [9.17, 15) is 19.5 Å². The number of aliphatic hydroxyl groups excluding tert-OH is 1. The number of aliphatic hydroxyl groups is 1. The Balaban J connectivity index is 1.67. The Labute approximate surface area is 155 Å². The van der Waals surface area contributed by atoms with Crippen LogP contribution < -0.4 is 16.6 Å². The fraction of sp³-hybridized carbons (Fsp3) is 0.421. The van der Waals surface area contributed by atoms with Crippen LogP contribution in [0.25, 0.3) is 0 Å². The van der Waals surface area contributed by atoms with Crippen LogP contribution in [-0.4, -0.2) is 38.3 Å². The number of H-pyrrole nitrogens is 1. The van der Waals surface area contributed by atoms with Crippen LogP contribution in [-0.2, 0) is 6.54 Å². The van der Waals surface area contributed by atoms with Gasteiger partial charge in [-0.3, -0.25) is 19.1 Å². The highest BCUT2D eigenvalue weighted by Crippen LogP contribution is 2.32. The van der Waals surface area contributed by atoms with Gasteiger partial charge in [0.15, 0.2) is 5.69 Å². The summed E-state index contributed by atoms with van der Waals surface area (Å²) in [5.74, 6) is -1.05. The molecule has 1 aromatic heterocycles. The summed E-state index contributed by atoms with van der Waals surface area (Å²) < 4.78 is 0.650. The van der Waals surface area contributed by atoms with Gasteiger partial charge in [-0.15, -0.1) is 0 Å². The molecule has 1 aliphatic rings. The molecule has 4 N–H and O–H groups in total. The van der Waals surface area contributed by atoms with E-state index in [-0.39, 0.29) is 12.6 Å². The summed E-state index contributed by atoms with van der Waals surface area (Å²) in [5, 5.41) is 21.6. The van der Waals surface area contributed by atoms with Gasteiger partial charge < -0.3 is 15.5 Å². The minimum Gasteiger partial charge on any atom is -0.501 e. The number of amides is 1. The van der Waals surface area contributed by atoms with E-state index in [4.69, 9.17) is 5.11 Å². The first-order chi connectivity index (χ1) is 13.0. The predicted octanol–water partition coefficient (Wildman–Crippen LogP) is 0.691. The molecule has 0 spiro atoms. The lowest BCUT2D eigenvalue weighted by atomic mass is 9.82. The first kappa shape index (κ1) is 18.9. The van der Waals surface area contributed by atoms with Gasteiger partial charge in [-0.2, -0.15) is 0 Å². The molecule has 1 aliphatic carbocycles. The summed E-state index contributed by atoms with van der Waals surface area (Å²) in [6.45, 7) is -0.689. The van der Waals surface area contributed by atoms with Gasteiger partial charge in [-0.25, -0.2) is 4.79 Å². The molecule has 27 heavy (non-hydrogen) atoms. The average Bonchev–Trinajstić information content (AvgIpc) is 2.69. The van der Waals surface area contributed by atoms with Crippen molar-refractivity contribution in [3.8, 4) is 5.75 Å². The summed E-state index contributed by atoms with van der Waals surface area (Å²) in [5.41, 5.74) is -0.989. The number of aromatic nitrogens is 2. The Hall–Kier alpha value is -2.87. The molecule has 1 saturated carbocycles. The molecule has 8 nitrogen and oxygen atoms in total. The largest absolute Gasteiger partial charge is 0.501 e. The number of nitrogens with one attached hydrogen (secondary N) is 2. The third kappa shape index (κ3) is 4.11. The van der Waals surface area contributed by atoms with Gasteiger partial charge in [0.25, 0.3) is 11.5 Å². The van der Waals surface area contributed by atoms with Crippen LogP contribution in [0.1, 0.15) is 47.7 Å². The highest BCUT2D eigenvalue weighted by molar-refractivity contribution is 5.94. The van der Waals surface area contributed by atoms with Crippen molar-refractivity contribution in [2.24, 2.45) is 0 Å². The van der Waals surface area contributed by atoms with Crippen molar-refractivity contribution in [1.29, 1.82) is 0 Å². The summed E-state index contributed by atoms with van der Waals surface area (Å²) in [6, 6.07) is 10.1. The maximum Gasteiger partial charge on any atom is 0.329 e. The molecule has 2 aromatic rings. The Bertz CT molecular complexity index is 911. The standard InChI is InChI=1S/C19H23N3O5/c23-11-10-22-18(26)16(24)15(21-19(22)27)17(25)20-14-8-6-13(7-9-14)12-4-2-1-3-5-12/h1-5,13-14,23-24H,6-11H2,(H,20,25)(H,21,27). The van der Waals surface area contributed by atoms with Gasteiger partial charge in [-0.05, 0) is 37.2 Å². The van der Waals surface area contributed by atoms with Crippen LogP contribution in [0, 0.1) is 0 Å². The number of rotatable bonds is 5. The zero-order valence-electron chi connectivity index (χ0n) is 14.9. The highest BCUT2D eigenvalue weighted by Gasteiger charge is 2.26. The molecule has 144 valence electrons. The van der Waals surface area contributed by atoms with Gasteiger partial charge in [0.2, 0.25) is 5.75 Å². The first-order valence-electron chi connectivity index (χ1n) is 9.04. The van der Waals surface area contributed by atoms with Crippen molar-refractivity contribution >= 4 is 5.91 Å². The van der Waals surface area contributed by atoms with Gasteiger partial charge in [0.05, 0.1) is 13.2 Å². The molecule has 1 fully saturated rings. The molecule has 0 bridgehead atoms. The van der Waals surface area contributed by atoms with Crippen molar-refractivity contribution in [2.45, 2.75) is 44.2 Å². The zero-order valence-corrected chi connectivity index (χ0v) is 14.9. The topological polar surface area (TPSA) is 124 Å². The lowest BCUT2D eigenvalue weighted by Crippen LogP contribution is -2.42.